The number of aromatic nitrogens is 2. The second kappa shape index (κ2) is 8.92. The monoisotopic (exact) mass is 447 g/mol. The number of benzene rings is 3. The highest BCUT2D eigenvalue weighted by atomic mass is 35.5. The van der Waals surface area contributed by atoms with Gasteiger partial charge in [0.05, 0.1) is 27.2 Å². The molecule has 1 aromatic heterocycles. The van der Waals surface area contributed by atoms with Crippen LogP contribution in [0.2, 0.25) is 5.02 Å². The number of allylic oxidation sites excluding steroid dienone is 1. The predicted molar refractivity (Wildman–Crippen MR) is 119 cm³/mol. The number of aromatic carboxylic acids is 1. The third-order valence-corrected chi connectivity index (χ3v) is 4.95. The van der Waals surface area contributed by atoms with Gasteiger partial charge in [-0.25, -0.2) is 14.2 Å². The molecule has 2 N–H and O–H groups in total. The summed E-state index contributed by atoms with van der Waals surface area (Å²) in [6.07, 6.45) is 1.61. The summed E-state index contributed by atoms with van der Waals surface area (Å²) >= 11 is 6.34. The molecule has 0 bridgehead atoms. The first-order valence-electron chi connectivity index (χ1n) is 9.45. The number of H-pyrrole nitrogens is 1. The van der Waals surface area contributed by atoms with Crippen LogP contribution in [0.3, 0.4) is 0 Å². The van der Waals surface area contributed by atoms with Crippen molar-refractivity contribution in [2.45, 2.75) is 6.61 Å². The first-order chi connectivity index (χ1) is 15.4. The van der Waals surface area contributed by atoms with E-state index in [1.54, 1.807) is 36.4 Å². The van der Waals surface area contributed by atoms with Crippen molar-refractivity contribution >= 4 is 40.3 Å². The molecule has 0 fully saturated rings. The van der Waals surface area contributed by atoms with E-state index < -0.39 is 11.8 Å². The third kappa shape index (κ3) is 4.61. The molecule has 0 saturated heterocycles. The zero-order valence-electron chi connectivity index (χ0n) is 16.5. The van der Waals surface area contributed by atoms with Crippen molar-refractivity contribution in [3.8, 4) is 11.8 Å². The van der Waals surface area contributed by atoms with Crippen LogP contribution in [-0.2, 0) is 6.61 Å². The van der Waals surface area contributed by atoms with Crippen LogP contribution in [0.4, 0.5) is 4.39 Å². The van der Waals surface area contributed by atoms with Crippen molar-refractivity contribution in [2.24, 2.45) is 0 Å². The van der Waals surface area contributed by atoms with Crippen LogP contribution >= 0.6 is 11.6 Å². The van der Waals surface area contributed by atoms with E-state index in [1.807, 2.05) is 0 Å². The van der Waals surface area contributed by atoms with E-state index in [2.05, 4.69) is 16.0 Å². The maximum atomic E-state index is 13.4. The minimum atomic E-state index is -1.01. The molecule has 0 saturated carbocycles. The van der Waals surface area contributed by atoms with Gasteiger partial charge in [-0.3, -0.25) is 0 Å². The van der Waals surface area contributed by atoms with Gasteiger partial charge in [-0.2, -0.15) is 5.26 Å². The molecule has 8 heteroatoms. The molecule has 0 unspecified atom stereocenters. The van der Waals surface area contributed by atoms with E-state index in [0.29, 0.717) is 38.8 Å². The molecule has 0 atom stereocenters. The van der Waals surface area contributed by atoms with Crippen LogP contribution in [0.5, 0.6) is 5.75 Å². The molecule has 0 spiro atoms. The third-order valence-electron chi connectivity index (χ3n) is 4.65. The minimum Gasteiger partial charge on any atom is -0.487 e. The van der Waals surface area contributed by atoms with E-state index >= 15 is 0 Å². The van der Waals surface area contributed by atoms with Crippen molar-refractivity contribution in [3.63, 3.8) is 0 Å². The van der Waals surface area contributed by atoms with Gasteiger partial charge < -0.3 is 14.8 Å². The number of hydrogen-bond acceptors (Lipinski definition) is 4. The van der Waals surface area contributed by atoms with Crippen LogP contribution < -0.4 is 4.74 Å². The topological polar surface area (TPSA) is 99.0 Å². The smallest absolute Gasteiger partial charge is 0.335 e. The van der Waals surface area contributed by atoms with Crippen LogP contribution in [0.25, 0.3) is 22.7 Å². The van der Waals surface area contributed by atoms with Gasteiger partial charge in [0.2, 0.25) is 0 Å². The highest BCUT2D eigenvalue weighted by Crippen LogP contribution is 2.28. The number of carboxylic acids is 1. The Balaban J connectivity index is 1.54. The molecule has 4 aromatic rings. The van der Waals surface area contributed by atoms with Gasteiger partial charge in [-0.05, 0) is 59.7 Å². The van der Waals surface area contributed by atoms with Gasteiger partial charge in [0.25, 0.3) is 0 Å². The Morgan fingerprint density at radius 2 is 2.06 bits per heavy atom. The lowest BCUT2D eigenvalue weighted by Gasteiger charge is -2.09. The first-order valence-corrected chi connectivity index (χ1v) is 9.83. The van der Waals surface area contributed by atoms with Gasteiger partial charge in [0, 0.05) is 0 Å². The van der Waals surface area contributed by atoms with Crippen LogP contribution in [-0.4, -0.2) is 21.0 Å². The second-order valence-electron chi connectivity index (χ2n) is 6.90. The molecule has 0 radical (unpaired) electrons. The lowest BCUT2D eigenvalue weighted by Crippen LogP contribution is -2.00. The largest absolute Gasteiger partial charge is 0.487 e. The number of ether oxygens (including phenoxy) is 1. The molecule has 6 nitrogen and oxygen atoms in total. The molecule has 1 heterocycles. The Morgan fingerprint density at radius 1 is 1.22 bits per heavy atom. The molecule has 0 aliphatic rings. The number of imidazole rings is 1. The number of rotatable bonds is 6. The number of nitriles is 1. The minimum absolute atomic E-state index is 0.148. The molecule has 0 amide bonds. The lowest BCUT2D eigenvalue weighted by molar-refractivity contribution is 0.0696. The van der Waals surface area contributed by atoms with Gasteiger partial charge in [-0.15, -0.1) is 0 Å². The second-order valence-corrected chi connectivity index (χ2v) is 7.31. The fourth-order valence-electron chi connectivity index (χ4n) is 3.11. The van der Waals surface area contributed by atoms with Crippen LogP contribution in [0.1, 0.15) is 27.3 Å². The number of nitrogens with one attached hydrogen (secondary N) is 1. The van der Waals surface area contributed by atoms with Gasteiger partial charge in [0.1, 0.15) is 30.1 Å². The maximum Gasteiger partial charge on any atom is 0.335 e. The van der Waals surface area contributed by atoms with E-state index in [4.69, 9.17) is 21.4 Å². The zero-order chi connectivity index (χ0) is 22.7. The first kappa shape index (κ1) is 21.1. The average molecular weight is 448 g/mol. The van der Waals surface area contributed by atoms with E-state index in [9.17, 15) is 14.4 Å². The Labute approximate surface area is 187 Å². The number of hydrogen-bond donors (Lipinski definition) is 2. The molecule has 0 aliphatic carbocycles. The number of fused-ring (bicyclic) bond motifs is 1. The summed E-state index contributed by atoms with van der Waals surface area (Å²) in [6.45, 7) is 0.148. The summed E-state index contributed by atoms with van der Waals surface area (Å²) in [4.78, 5) is 18.4. The standard InChI is InChI=1S/C24H15ClFN3O3/c25-19-10-14(4-7-22(19)32-13-15-2-1-3-16(9-15)24(30)31)8-17(12-27)23-28-20-6-5-18(26)11-21(20)29-23/h1-11H,13H2,(H,28,29)(H,30,31)/b17-8-. The summed E-state index contributed by atoms with van der Waals surface area (Å²) in [6, 6.07) is 17.7. The highest BCUT2D eigenvalue weighted by Gasteiger charge is 2.10. The van der Waals surface area contributed by atoms with Crippen molar-refractivity contribution in [3.05, 3.63) is 94.0 Å². The molecular weight excluding hydrogens is 433 g/mol. The van der Waals surface area contributed by atoms with E-state index in [-0.39, 0.29) is 17.7 Å². The van der Waals surface area contributed by atoms with Crippen molar-refractivity contribution in [1.82, 2.24) is 9.97 Å². The molecule has 0 aliphatic heterocycles. The Hall–Kier alpha value is -4.15. The Bertz CT molecular complexity index is 1410. The summed E-state index contributed by atoms with van der Waals surface area (Å²) in [5, 5.41) is 19.0. The average Bonchev–Trinajstić information content (AvgIpc) is 3.20. The summed E-state index contributed by atoms with van der Waals surface area (Å²) in [5.41, 5.74) is 2.83. The fraction of sp³-hybridized carbons (Fsp3) is 0.0417. The number of nitrogens with zero attached hydrogens (tertiary/aromatic N) is 2. The molecular formula is C24H15ClFN3O3. The number of carboxylic acid groups (broad SMARTS) is 1. The highest BCUT2D eigenvalue weighted by molar-refractivity contribution is 6.32. The number of aromatic amines is 1. The number of carbonyl (C=O) groups is 1. The molecule has 32 heavy (non-hydrogen) atoms. The van der Waals surface area contributed by atoms with Gasteiger partial charge in [0.15, 0.2) is 0 Å². The fourth-order valence-corrected chi connectivity index (χ4v) is 3.35. The molecule has 158 valence electrons. The maximum absolute atomic E-state index is 13.4. The quantitative estimate of drug-likeness (QED) is 0.369. The van der Waals surface area contributed by atoms with Gasteiger partial charge >= 0.3 is 5.97 Å². The van der Waals surface area contributed by atoms with E-state index in [1.165, 1.54) is 30.3 Å². The Kier molecular flexibility index (Phi) is 5.88. The SMILES string of the molecule is N#C/C(=C/c1ccc(OCc2cccc(C(=O)O)c2)c(Cl)c1)c1nc2ccc(F)cc2[nH]1. The Morgan fingerprint density at radius 3 is 2.81 bits per heavy atom. The summed E-state index contributed by atoms with van der Waals surface area (Å²) in [7, 11) is 0. The lowest BCUT2D eigenvalue weighted by atomic mass is 10.1. The summed E-state index contributed by atoms with van der Waals surface area (Å²) < 4.78 is 19.1. The normalized spacial score (nSPS) is 11.3. The van der Waals surface area contributed by atoms with Crippen LogP contribution in [0.15, 0.2) is 60.7 Å². The predicted octanol–water partition coefficient (Wildman–Crippen LogP) is 5.70. The van der Waals surface area contributed by atoms with Crippen LogP contribution in [0, 0.1) is 17.1 Å². The molecule has 3 aromatic carbocycles. The van der Waals surface area contributed by atoms with Gasteiger partial charge in [-0.1, -0.05) is 29.8 Å². The van der Waals surface area contributed by atoms with Crippen molar-refractivity contribution in [1.29, 1.82) is 5.26 Å². The van der Waals surface area contributed by atoms with Crippen molar-refractivity contribution in [2.75, 3.05) is 0 Å². The summed E-state index contributed by atoms with van der Waals surface area (Å²) in [5.74, 6) is -0.665. The van der Waals surface area contributed by atoms with Crippen molar-refractivity contribution < 1.29 is 19.0 Å². The molecule has 4 rings (SSSR count). The zero-order valence-corrected chi connectivity index (χ0v) is 17.2. The number of halogens is 2. The van der Waals surface area contributed by atoms with E-state index in [0.717, 1.165) is 0 Å².